The number of hydrogen-bond donors (Lipinski definition) is 1. The molecule has 0 aliphatic rings. The zero-order chi connectivity index (χ0) is 15.4. The molecule has 0 atom stereocenters. The number of aldehydes is 1. The van der Waals surface area contributed by atoms with E-state index in [-0.39, 0.29) is 0 Å². The molecule has 2 N–H and O–H groups in total. The first-order valence-electron chi connectivity index (χ1n) is 6.94. The first kappa shape index (κ1) is 14.4. The van der Waals surface area contributed by atoms with E-state index in [1.165, 1.54) is 4.90 Å². The topological polar surface area (TPSA) is 43.1 Å². The second-order valence-electron chi connectivity index (χ2n) is 4.91. The second-order valence-corrected chi connectivity index (χ2v) is 6.02. The van der Waals surface area contributed by atoms with Gasteiger partial charge in [0.05, 0.1) is 0 Å². The molecule has 0 aliphatic heterocycles. The summed E-state index contributed by atoms with van der Waals surface area (Å²) in [7, 11) is 0. The lowest BCUT2D eigenvalue weighted by atomic mass is 10.0. The summed E-state index contributed by atoms with van der Waals surface area (Å²) in [5.74, 6) is 0. The van der Waals surface area contributed by atoms with Crippen LogP contribution in [0.3, 0.4) is 0 Å². The van der Waals surface area contributed by atoms with Crippen molar-refractivity contribution < 1.29 is 4.79 Å². The van der Waals surface area contributed by atoms with E-state index in [1.54, 1.807) is 11.8 Å². The first-order valence-corrected chi connectivity index (χ1v) is 7.76. The molecule has 0 radical (unpaired) electrons. The molecule has 3 aromatic rings. The number of benzene rings is 3. The first-order chi connectivity index (χ1) is 10.8. The van der Waals surface area contributed by atoms with Gasteiger partial charge in [0.15, 0.2) is 0 Å². The van der Waals surface area contributed by atoms with Gasteiger partial charge in [0, 0.05) is 21.0 Å². The summed E-state index contributed by atoms with van der Waals surface area (Å²) in [5.41, 5.74) is 9.44. The van der Waals surface area contributed by atoms with Crippen LogP contribution in [0.2, 0.25) is 0 Å². The Morgan fingerprint density at radius 2 is 1.50 bits per heavy atom. The lowest BCUT2D eigenvalue weighted by molar-refractivity contribution is 0.112. The van der Waals surface area contributed by atoms with Crippen LogP contribution in [-0.4, -0.2) is 6.29 Å². The van der Waals surface area contributed by atoms with Crippen LogP contribution >= 0.6 is 11.8 Å². The minimum Gasteiger partial charge on any atom is -0.399 e. The molecule has 3 aromatic carbocycles. The minimum absolute atomic E-state index is 0.687. The van der Waals surface area contributed by atoms with Crippen LogP contribution in [0.15, 0.2) is 82.6 Å². The summed E-state index contributed by atoms with van der Waals surface area (Å²) in [6.07, 6.45) is 0.860. The van der Waals surface area contributed by atoms with Gasteiger partial charge < -0.3 is 5.73 Å². The molecule has 22 heavy (non-hydrogen) atoms. The molecule has 3 rings (SSSR count). The Labute approximate surface area is 134 Å². The largest absolute Gasteiger partial charge is 0.399 e. The third-order valence-electron chi connectivity index (χ3n) is 3.35. The monoisotopic (exact) mass is 305 g/mol. The fourth-order valence-electron chi connectivity index (χ4n) is 2.20. The molecule has 0 aliphatic carbocycles. The van der Waals surface area contributed by atoms with Gasteiger partial charge in [-0.25, -0.2) is 0 Å². The van der Waals surface area contributed by atoms with Gasteiger partial charge in [-0.2, -0.15) is 0 Å². The lowest BCUT2D eigenvalue weighted by Crippen LogP contribution is -1.85. The van der Waals surface area contributed by atoms with Crippen LogP contribution in [0.1, 0.15) is 10.4 Å². The average molecular weight is 305 g/mol. The third-order valence-corrected chi connectivity index (χ3v) is 4.44. The van der Waals surface area contributed by atoms with Crippen LogP contribution < -0.4 is 5.73 Å². The van der Waals surface area contributed by atoms with Gasteiger partial charge in [0.2, 0.25) is 0 Å². The lowest BCUT2D eigenvalue weighted by Gasteiger charge is -2.10. The summed E-state index contributed by atoms with van der Waals surface area (Å²) >= 11 is 1.70. The van der Waals surface area contributed by atoms with Crippen LogP contribution in [0, 0.1) is 0 Å². The fraction of sp³-hybridized carbons (Fsp3) is 0. The zero-order valence-corrected chi connectivity index (χ0v) is 12.7. The quantitative estimate of drug-likeness (QED) is 0.550. The number of carbonyl (C=O) groups excluding carboxylic acids is 1. The van der Waals surface area contributed by atoms with Crippen molar-refractivity contribution in [3.63, 3.8) is 0 Å². The van der Waals surface area contributed by atoms with Crippen molar-refractivity contribution >= 4 is 23.7 Å². The van der Waals surface area contributed by atoms with Gasteiger partial charge in [0.1, 0.15) is 6.29 Å². The summed E-state index contributed by atoms with van der Waals surface area (Å²) in [6, 6.07) is 23.7. The highest BCUT2D eigenvalue weighted by Crippen LogP contribution is 2.36. The Kier molecular flexibility index (Phi) is 4.26. The second kappa shape index (κ2) is 6.50. The molecule has 2 nitrogen and oxygen atoms in total. The fourth-order valence-corrected chi connectivity index (χ4v) is 3.17. The molecule has 0 fully saturated rings. The van der Waals surface area contributed by atoms with Crippen molar-refractivity contribution in [3.05, 3.63) is 78.4 Å². The summed E-state index contributed by atoms with van der Waals surface area (Å²) in [4.78, 5) is 13.1. The van der Waals surface area contributed by atoms with E-state index in [0.717, 1.165) is 28.0 Å². The Morgan fingerprint density at radius 1 is 0.818 bits per heavy atom. The summed E-state index contributed by atoms with van der Waals surface area (Å²) in [5, 5.41) is 0. The van der Waals surface area contributed by atoms with Crippen LogP contribution in [-0.2, 0) is 0 Å². The SMILES string of the molecule is Nc1ccc(Sc2ccccc2-c2ccc(C=O)cc2)cc1. The molecule has 0 unspecified atom stereocenters. The molecule has 108 valence electrons. The van der Waals surface area contributed by atoms with Crippen molar-refractivity contribution in [2.75, 3.05) is 5.73 Å². The molecule has 0 amide bonds. The highest BCUT2D eigenvalue weighted by molar-refractivity contribution is 7.99. The van der Waals surface area contributed by atoms with E-state index in [0.29, 0.717) is 5.56 Å². The van der Waals surface area contributed by atoms with Gasteiger partial charge in [-0.15, -0.1) is 0 Å². The van der Waals surface area contributed by atoms with Crippen LogP contribution in [0.4, 0.5) is 5.69 Å². The normalized spacial score (nSPS) is 10.4. The third kappa shape index (κ3) is 3.21. The van der Waals surface area contributed by atoms with Gasteiger partial charge in [-0.05, 0) is 41.5 Å². The zero-order valence-electron chi connectivity index (χ0n) is 11.9. The van der Waals surface area contributed by atoms with E-state index >= 15 is 0 Å². The van der Waals surface area contributed by atoms with Crippen molar-refractivity contribution in [2.45, 2.75) is 9.79 Å². The van der Waals surface area contributed by atoms with Crippen LogP contribution in [0.25, 0.3) is 11.1 Å². The highest BCUT2D eigenvalue weighted by Gasteiger charge is 2.06. The minimum atomic E-state index is 0.687. The van der Waals surface area contributed by atoms with Crippen molar-refractivity contribution in [3.8, 4) is 11.1 Å². The molecule has 0 saturated carbocycles. The molecule has 0 aromatic heterocycles. The van der Waals surface area contributed by atoms with Gasteiger partial charge >= 0.3 is 0 Å². The maximum absolute atomic E-state index is 10.8. The summed E-state index contributed by atoms with van der Waals surface area (Å²) in [6.45, 7) is 0. The number of nitrogens with two attached hydrogens (primary N) is 1. The predicted octanol–water partition coefficient (Wildman–Crippen LogP) is 4.90. The Hall–Kier alpha value is -2.52. The Bertz CT molecular complexity index is 779. The molecular weight excluding hydrogens is 290 g/mol. The Morgan fingerprint density at radius 3 is 2.18 bits per heavy atom. The Balaban J connectivity index is 1.95. The van der Waals surface area contributed by atoms with Crippen LogP contribution in [0.5, 0.6) is 0 Å². The maximum Gasteiger partial charge on any atom is 0.150 e. The van der Waals surface area contributed by atoms with E-state index < -0.39 is 0 Å². The van der Waals surface area contributed by atoms with Gasteiger partial charge in [0.25, 0.3) is 0 Å². The highest BCUT2D eigenvalue weighted by atomic mass is 32.2. The molecule has 0 bridgehead atoms. The number of nitrogen functional groups attached to an aromatic ring is 1. The van der Waals surface area contributed by atoms with Crippen molar-refractivity contribution in [2.24, 2.45) is 0 Å². The predicted molar refractivity (Wildman–Crippen MR) is 92.2 cm³/mol. The van der Waals surface area contributed by atoms with Gasteiger partial charge in [-0.3, -0.25) is 4.79 Å². The van der Waals surface area contributed by atoms with E-state index in [2.05, 4.69) is 12.1 Å². The number of rotatable bonds is 4. The molecular formula is C19H15NOS. The standard InChI is InChI=1S/C19H15NOS/c20-16-9-11-17(12-10-16)22-19-4-2-1-3-18(19)15-7-5-14(13-21)6-8-15/h1-13H,20H2. The number of carbonyl (C=O) groups is 1. The van der Waals surface area contributed by atoms with E-state index in [9.17, 15) is 4.79 Å². The average Bonchev–Trinajstić information content (AvgIpc) is 2.58. The molecule has 0 heterocycles. The molecule has 0 spiro atoms. The van der Waals surface area contributed by atoms with Crippen molar-refractivity contribution in [1.29, 1.82) is 0 Å². The number of anilines is 1. The number of hydrogen-bond acceptors (Lipinski definition) is 3. The van der Waals surface area contributed by atoms with Gasteiger partial charge in [-0.1, -0.05) is 54.2 Å². The van der Waals surface area contributed by atoms with E-state index in [1.807, 2.05) is 60.7 Å². The molecule has 3 heteroatoms. The smallest absolute Gasteiger partial charge is 0.150 e. The van der Waals surface area contributed by atoms with E-state index in [4.69, 9.17) is 5.73 Å². The summed E-state index contributed by atoms with van der Waals surface area (Å²) < 4.78 is 0. The van der Waals surface area contributed by atoms with Crippen molar-refractivity contribution in [1.82, 2.24) is 0 Å². The molecule has 0 saturated heterocycles. The maximum atomic E-state index is 10.8.